The Labute approximate surface area is 230 Å². The first-order chi connectivity index (χ1) is 18.9. The average Bonchev–Trinajstić information content (AvgIpc) is 3.71. The van der Waals surface area contributed by atoms with Gasteiger partial charge in [-0.15, -0.1) is 11.3 Å². The van der Waals surface area contributed by atoms with Gasteiger partial charge < -0.3 is 20.4 Å². The monoisotopic (exact) mass is 542 g/mol. The lowest BCUT2D eigenvalue weighted by atomic mass is 10.1. The smallest absolute Gasteiger partial charge is 0.238 e. The van der Waals surface area contributed by atoms with Crippen LogP contribution in [0.1, 0.15) is 17.7 Å². The van der Waals surface area contributed by atoms with Gasteiger partial charge in [0.15, 0.2) is 5.82 Å². The van der Waals surface area contributed by atoms with E-state index < -0.39 is 0 Å². The number of thiophene rings is 1. The molecule has 0 bridgehead atoms. The summed E-state index contributed by atoms with van der Waals surface area (Å²) in [5.74, 6) is 2.01. The van der Waals surface area contributed by atoms with Gasteiger partial charge in [-0.25, -0.2) is 9.97 Å². The Hall–Kier alpha value is -4.22. The lowest BCUT2D eigenvalue weighted by Gasteiger charge is -2.16. The third-order valence-corrected chi connectivity index (χ3v) is 7.63. The van der Waals surface area contributed by atoms with E-state index in [-0.39, 0.29) is 12.0 Å². The Morgan fingerprint density at radius 2 is 2.18 bits per heavy atom. The van der Waals surface area contributed by atoms with Crippen molar-refractivity contribution < 1.29 is 9.53 Å². The first kappa shape index (κ1) is 25.1. The number of nitrogens with one attached hydrogen (secondary N) is 3. The van der Waals surface area contributed by atoms with Crippen molar-refractivity contribution in [2.75, 3.05) is 30.3 Å². The lowest BCUT2D eigenvalue weighted by molar-refractivity contribution is -0.117. The summed E-state index contributed by atoms with van der Waals surface area (Å²) in [7, 11) is 1.90. The van der Waals surface area contributed by atoms with Crippen LogP contribution < -0.4 is 15.4 Å². The van der Waals surface area contributed by atoms with Crippen LogP contribution in [-0.4, -0.2) is 61.3 Å². The van der Waals surface area contributed by atoms with Crippen LogP contribution >= 0.6 is 11.3 Å². The van der Waals surface area contributed by atoms with E-state index >= 15 is 0 Å². The zero-order chi connectivity index (χ0) is 26.9. The maximum atomic E-state index is 13.0. The first-order valence-electron chi connectivity index (χ1n) is 12.9. The third-order valence-electron chi connectivity index (χ3n) is 6.96. The summed E-state index contributed by atoms with van der Waals surface area (Å²) in [4.78, 5) is 27.7. The molecule has 6 rings (SSSR count). The molecule has 5 heterocycles. The summed E-state index contributed by atoms with van der Waals surface area (Å²) in [6.45, 7) is 5.87. The molecule has 1 amide bonds. The van der Waals surface area contributed by atoms with Gasteiger partial charge in [0.1, 0.15) is 11.9 Å². The number of carbonyl (C=O) groups excluding carboxylic acids is 1. The molecule has 1 atom stereocenters. The Kier molecular flexibility index (Phi) is 6.76. The summed E-state index contributed by atoms with van der Waals surface area (Å²) in [5.41, 5.74) is 5.32. The molecular weight excluding hydrogens is 512 g/mol. The van der Waals surface area contributed by atoms with Gasteiger partial charge in [-0.05, 0) is 43.3 Å². The van der Waals surface area contributed by atoms with Crippen LogP contribution in [0.25, 0.3) is 22.2 Å². The highest BCUT2D eigenvalue weighted by molar-refractivity contribution is 7.08. The summed E-state index contributed by atoms with van der Waals surface area (Å²) < 4.78 is 7.82. The number of likely N-dealkylation sites (tertiary alicyclic amines) is 1. The van der Waals surface area contributed by atoms with E-state index in [9.17, 15) is 4.79 Å². The number of aromatic nitrogens is 5. The van der Waals surface area contributed by atoms with Gasteiger partial charge in [0.05, 0.1) is 23.4 Å². The van der Waals surface area contributed by atoms with Gasteiger partial charge in [-0.1, -0.05) is 12.1 Å². The second-order valence-corrected chi connectivity index (χ2v) is 10.6. The van der Waals surface area contributed by atoms with Gasteiger partial charge in [0.2, 0.25) is 11.9 Å². The topological polar surface area (TPSA) is 113 Å². The maximum Gasteiger partial charge on any atom is 0.238 e. The molecule has 1 unspecified atom stereocenters. The third kappa shape index (κ3) is 5.36. The minimum absolute atomic E-state index is 0.0507. The van der Waals surface area contributed by atoms with Crippen molar-refractivity contribution >= 4 is 45.6 Å². The van der Waals surface area contributed by atoms with Crippen LogP contribution in [0.3, 0.4) is 0 Å². The predicted molar refractivity (Wildman–Crippen MR) is 154 cm³/mol. The molecule has 1 aliphatic rings. The fraction of sp³-hybridized carbons (Fsp3) is 0.286. The predicted octanol–water partition coefficient (Wildman–Crippen LogP) is 4.87. The zero-order valence-electron chi connectivity index (χ0n) is 22.1. The first-order valence-corrected chi connectivity index (χ1v) is 13.8. The second-order valence-electron chi connectivity index (χ2n) is 9.85. The van der Waals surface area contributed by atoms with Crippen molar-refractivity contribution in [3.8, 4) is 17.0 Å². The van der Waals surface area contributed by atoms with E-state index in [0.717, 1.165) is 64.4 Å². The van der Waals surface area contributed by atoms with Crippen LogP contribution in [0.15, 0.2) is 53.5 Å². The van der Waals surface area contributed by atoms with Crippen molar-refractivity contribution in [1.82, 2.24) is 29.6 Å². The fourth-order valence-electron chi connectivity index (χ4n) is 4.91. The number of amides is 1. The van der Waals surface area contributed by atoms with Crippen LogP contribution in [0.2, 0.25) is 0 Å². The molecule has 200 valence electrons. The number of nitrogens with zero attached hydrogens (tertiary/aromatic N) is 5. The van der Waals surface area contributed by atoms with Gasteiger partial charge in [0.25, 0.3) is 0 Å². The number of aromatic amines is 1. The van der Waals surface area contributed by atoms with Gasteiger partial charge >= 0.3 is 0 Å². The molecule has 0 saturated carbocycles. The van der Waals surface area contributed by atoms with E-state index in [1.807, 2.05) is 68.2 Å². The largest absolute Gasteiger partial charge is 0.488 e. The summed E-state index contributed by atoms with van der Waals surface area (Å²) in [5, 5.41) is 15.7. The molecule has 0 aliphatic carbocycles. The van der Waals surface area contributed by atoms with E-state index in [2.05, 4.69) is 30.6 Å². The highest BCUT2D eigenvalue weighted by atomic mass is 32.1. The second kappa shape index (κ2) is 10.5. The molecule has 1 fully saturated rings. The molecule has 1 aliphatic heterocycles. The Morgan fingerprint density at radius 1 is 1.28 bits per heavy atom. The molecule has 1 saturated heterocycles. The fourth-order valence-corrected chi connectivity index (χ4v) is 5.47. The van der Waals surface area contributed by atoms with Crippen molar-refractivity contribution in [3.63, 3.8) is 0 Å². The molecule has 10 nitrogen and oxygen atoms in total. The van der Waals surface area contributed by atoms with Crippen molar-refractivity contribution in [3.05, 3.63) is 64.7 Å². The number of fused-ring (bicyclic) bond motifs is 1. The molecule has 3 N–H and O–H groups in total. The highest BCUT2D eigenvalue weighted by Gasteiger charge is 2.26. The van der Waals surface area contributed by atoms with Crippen LogP contribution in [0.5, 0.6) is 5.75 Å². The minimum atomic E-state index is -0.0507. The highest BCUT2D eigenvalue weighted by Crippen LogP contribution is 2.33. The molecule has 1 aromatic carbocycles. The van der Waals surface area contributed by atoms with Gasteiger partial charge in [-0.3, -0.25) is 14.4 Å². The summed E-state index contributed by atoms with van der Waals surface area (Å²) in [6.07, 6.45) is 4.75. The number of aryl methyl sites for hydroxylation is 3. The summed E-state index contributed by atoms with van der Waals surface area (Å²) in [6, 6.07) is 9.81. The van der Waals surface area contributed by atoms with Crippen molar-refractivity contribution in [2.24, 2.45) is 7.05 Å². The number of ether oxygens (including phenoxy) is 1. The normalized spacial score (nSPS) is 15.6. The number of benzene rings is 1. The number of rotatable bonds is 8. The molecule has 4 aromatic heterocycles. The zero-order valence-corrected chi connectivity index (χ0v) is 22.9. The SMILES string of the molecule is Cc1cnc(Nc2cc(C)n(C)n2)nc1-c1c[nH]c2c(NC(=O)CN3CCC(Oc4ccsc4)C3)cccc12. The van der Waals surface area contributed by atoms with Crippen molar-refractivity contribution in [2.45, 2.75) is 26.4 Å². The molecule has 0 radical (unpaired) electrons. The van der Waals surface area contributed by atoms with Crippen LogP contribution in [0, 0.1) is 13.8 Å². The molecule has 5 aromatic rings. The number of para-hydroxylation sites is 1. The van der Waals surface area contributed by atoms with Crippen molar-refractivity contribution in [1.29, 1.82) is 0 Å². The standard InChI is InChI=1S/C28H30N8O2S/c1-17-12-30-28(32-24-11-18(2)35(3)34-24)33-26(17)22-13-29-27-21(22)5-4-6-23(27)31-25(37)15-36-9-7-19(14-36)38-20-8-10-39-16-20/h4-6,8,10-13,16,19,29H,7,9,14-15H2,1-3H3,(H,31,37)(H,30,32,33,34). The molecular formula is C28H30N8O2S. The Bertz CT molecular complexity index is 1600. The number of anilines is 3. The van der Waals surface area contributed by atoms with Crippen LogP contribution in [-0.2, 0) is 11.8 Å². The van der Waals surface area contributed by atoms with Crippen LogP contribution in [0.4, 0.5) is 17.5 Å². The number of H-pyrrole nitrogens is 1. The number of hydrogen-bond donors (Lipinski definition) is 3. The summed E-state index contributed by atoms with van der Waals surface area (Å²) >= 11 is 1.62. The lowest BCUT2D eigenvalue weighted by Crippen LogP contribution is -2.33. The maximum absolute atomic E-state index is 13.0. The Balaban J connectivity index is 1.16. The molecule has 39 heavy (non-hydrogen) atoms. The molecule has 0 spiro atoms. The Morgan fingerprint density at radius 3 is 2.97 bits per heavy atom. The van der Waals surface area contributed by atoms with E-state index in [1.165, 1.54) is 0 Å². The van der Waals surface area contributed by atoms with E-state index in [0.29, 0.717) is 18.3 Å². The minimum Gasteiger partial charge on any atom is -0.488 e. The average molecular weight is 543 g/mol. The quantitative estimate of drug-likeness (QED) is 0.256. The van der Waals surface area contributed by atoms with E-state index in [1.54, 1.807) is 22.2 Å². The van der Waals surface area contributed by atoms with Gasteiger partial charge in [0, 0.05) is 60.6 Å². The molecule has 11 heteroatoms. The number of hydrogen-bond acceptors (Lipinski definition) is 8. The number of carbonyl (C=O) groups is 1. The van der Waals surface area contributed by atoms with E-state index in [4.69, 9.17) is 9.72 Å². The van der Waals surface area contributed by atoms with Gasteiger partial charge in [-0.2, -0.15) is 5.10 Å².